The van der Waals surface area contributed by atoms with Crippen LogP contribution in [0.25, 0.3) is 0 Å². The van der Waals surface area contributed by atoms with Crippen LogP contribution in [0.4, 0.5) is 4.39 Å². The van der Waals surface area contributed by atoms with Gasteiger partial charge in [-0.2, -0.15) is 0 Å². The van der Waals surface area contributed by atoms with Crippen molar-refractivity contribution in [2.24, 2.45) is 5.73 Å². The highest BCUT2D eigenvalue weighted by Crippen LogP contribution is 2.39. The lowest BCUT2D eigenvalue weighted by Gasteiger charge is -1.99. The summed E-state index contributed by atoms with van der Waals surface area (Å²) in [6, 6.07) is 5.04. The summed E-state index contributed by atoms with van der Waals surface area (Å²) in [5.41, 5.74) is 6.70. The van der Waals surface area contributed by atoms with Crippen molar-refractivity contribution in [2.75, 3.05) is 0 Å². The minimum atomic E-state index is -0.366. The van der Waals surface area contributed by atoms with Crippen LogP contribution in [0.2, 0.25) is 5.02 Å². The zero-order valence-corrected chi connectivity index (χ0v) is 8.41. The van der Waals surface area contributed by atoms with Gasteiger partial charge in [0.05, 0.1) is 5.02 Å². The molecule has 1 nitrogen and oxygen atoms in total. The first kappa shape index (κ1) is 10.8. The maximum absolute atomic E-state index is 12.7. The number of nitrogens with two attached hydrogens (primary N) is 1. The van der Waals surface area contributed by atoms with Gasteiger partial charge in [-0.25, -0.2) is 4.39 Å². The Labute approximate surface area is 87.5 Å². The number of hydrogen-bond donors (Lipinski definition) is 1. The Kier molecular flexibility index (Phi) is 3.17. The summed E-state index contributed by atoms with van der Waals surface area (Å²) < 4.78 is 12.7. The molecular formula is C9H10Cl2FN. The van der Waals surface area contributed by atoms with E-state index >= 15 is 0 Å². The molecule has 0 bridgehead atoms. The van der Waals surface area contributed by atoms with Crippen molar-refractivity contribution in [1.29, 1.82) is 0 Å². The monoisotopic (exact) mass is 221 g/mol. The number of halogens is 3. The summed E-state index contributed by atoms with van der Waals surface area (Å²) in [5, 5.41) is 0.187. The Morgan fingerprint density at radius 3 is 2.54 bits per heavy atom. The minimum absolute atomic E-state index is 0. The highest BCUT2D eigenvalue weighted by atomic mass is 35.5. The average Bonchev–Trinajstić information content (AvgIpc) is 2.73. The molecular weight excluding hydrogens is 212 g/mol. The van der Waals surface area contributed by atoms with Gasteiger partial charge in [0.25, 0.3) is 0 Å². The van der Waals surface area contributed by atoms with Crippen molar-refractivity contribution in [3.05, 3.63) is 34.6 Å². The number of rotatable bonds is 1. The molecule has 2 rings (SSSR count). The second kappa shape index (κ2) is 3.82. The first-order valence-electron chi connectivity index (χ1n) is 3.89. The normalized spacial score (nSPS) is 25.2. The molecule has 2 N–H and O–H groups in total. The van der Waals surface area contributed by atoms with E-state index in [9.17, 15) is 4.39 Å². The van der Waals surface area contributed by atoms with Gasteiger partial charge in [-0.05, 0) is 24.1 Å². The summed E-state index contributed by atoms with van der Waals surface area (Å²) in [5.74, 6) is 0.0257. The van der Waals surface area contributed by atoms with Gasteiger partial charge in [-0.1, -0.05) is 17.7 Å². The fourth-order valence-corrected chi connectivity index (χ4v) is 1.53. The van der Waals surface area contributed by atoms with Crippen LogP contribution in [-0.2, 0) is 0 Å². The first-order chi connectivity index (χ1) is 5.68. The molecule has 2 atom stereocenters. The average molecular weight is 222 g/mol. The molecule has 1 aromatic rings. The van der Waals surface area contributed by atoms with Crippen molar-refractivity contribution in [3.8, 4) is 0 Å². The van der Waals surface area contributed by atoms with E-state index in [0.717, 1.165) is 12.0 Å². The van der Waals surface area contributed by atoms with Crippen LogP contribution < -0.4 is 5.73 Å². The standard InChI is InChI=1S/C9H9ClFN.ClH/c10-7-3-5(1-2-8(7)11)6-4-9(6)12;/h1-3,6,9H,4,12H2;1H/t6-,9+;/m0./s1. The van der Waals surface area contributed by atoms with E-state index < -0.39 is 0 Å². The maximum atomic E-state index is 12.7. The molecule has 13 heavy (non-hydrogen) atoms. The quantitative estimate of drug-likeness (QED) is 0.776. The van der Waals surface area contributed by atoms with E-state index in [1.165, 1.54) is 6.07 Å². The summed E-state index contributed by atoms with van der Waals surface area (Å²) >= 11 is 5.62. The summed E-state index contributed by atoms with van der Waals surface area (Å²) in [6.07, 6.45) is 0.988. The zero-order chi connectivity index (χ0) is 8.72. The lowest BCUT2D eigenvalue weighted by atomic mass is 10.1. The van der Waals surface area contributed by atoms with Crippen LogP contribution in [0.5, 0.6) is 0 Å². The van der Waals surface area contributed by atoms with E-state index in [-0.39, 0.29) is 29.3 Å². The fraction of sp³-hybridized carbons (Fsp3) is 0.333. The molecule has 0 spiro atoms. The zero-order valence-electron chi connectivity index (χ0n) is 6.84. The predicted molar refractivity (Wildman–Crippen MR) is 54.0 cm³/mol. The molecule has 0 unspecified atom stereocenters. The number of benzene rings is 1. The fourth-order valence-electron chi connectivity index (χ4n) is 1.34. The molecule has 1 aliphatic carbocycles. The van der Waals surface area contributed by atoms with Crippen molar-refractivity contribution in [3.63, 3.8) is 0 Å². The van der Waals surface area contributed by atoms with Crippen LogP contribution in [-0.4, -0.2) is 6.04 Å². The molecule has 72 valence electrons. The third-order valence-corrected chi connectivity index (χ3v) is 2.50. The Hall–Kier alpha value is -0.310. The van der Waals surface area contributed by atoms with Crippen molar-refractivity contribution in [2.45, 2.75) is 18.4 Å². The highest BCUT2D eigenvalue weighted by Gasteiger charge is 2.34. The highest BCUT2D eigenvalue weighted by molar-refractivity contribution is 6.30. The van der Waals surface area contributed by atoms with Gasteiger partial charge < -0.3 is 5.73 Å². The SMILES string of the molecule is Cl.N[C@@H]1C[C@H]1c1ccc(F)c(Cl)c1. The van der Waals surface area contributed by atoms with Gasteiger partial charge in [-0.15, -0.1) is 12.4 Å². The minimum Gasteiger partial charge on any atom is -0.327 e. The van der Waals surface area contributed by atoms with E-state index in [2.05, 4.69) is 0 Å². The Balaban J connectivity index is 0.000000845. The third-order valence-electron chi connectivity index (χ3n) is 2.21. The topological polar surface area (TPSA) is 26.0 Å². The smallest absolute Gasteiger partial charge is 0.141 e. The molecule has 0 saturated heterocycles. The molecule has 1 aromatic carbocycles. The molecule has 0 aliphatic heterocycles. The summed E-state index contributed by atoms with van der Waals surface area (Å²) in [4.78, 5) is 0. The van der Waals surface area contributed by atoms with Crippen LogP contribution in [0.15, 0.2) is 18.2 Å². The summed E-state index contributed by atoms with van der Waals surface area (Å²) in [6.45, 7) is 0. The van der Waals surface area contributed by atoms with Crippen molar-refractivity contribution < 1.29 is 4.39 Å². The van der Waals surface area contributed by atoms with Gasteiger partial charge in [0.1, 0.15) is 5.82 Å². The van der Waals surface area contributed by atoms with Crippen LogP contribution >= 0.6 is 24.0 Å². The maximum Gasteiger partial charge on any atom is 0.141 e. The molecule has 1 saturated carbocycles. The molecule has 1 fully saturated rings. The van der Waals surface area contributed by atoms with E-state index in [1.54, 1.807) is 12.1 Å². The van der Waals surface area contributed by atoms with E-state index in [1.807, 2.05) is 0 Å². The van der Waals surface area contributed by atoms with Crippen LogP contribution in [0.1, 0.15) is 17.9 Å². The Morgan fingerprint density at radius 2 is 2.08 bits per heavy atom. The molecule has 4 heteroatoms. The molecule has 1 aliphatic rings. The van der Waals surface area contributed by atoms with Gasteiger partial charge in [0.15, 0.2) is 0 Å². The molecule has 0 aromatic heterocycles. The van der Waals surface area contributed by atoms with Gasteiger partial charge in [-0.3, -0.25) is 0 Å². The Bertz CT molecular complexity index is 316. The van der Waals surface area contributed by atoms with E-state index in [0.29, 0.717) is 5.92 Å². The lowest BCUT2D eigenvalue weighted by Crippen LogP contribution is -2.00. The van der Waals surface area contributed by atoms with E-state index in [4.69, 9.17) is 17.3 Å². The van der Waals surface area contributed by atoms with Crippen molar-refractivity contribution >= 4 is 24.0 Å². The molecule has 0 amide bonds. The van der Waals surface area contributed by atoms with Crippen LogP contribution in [0.3, 0.4) is 0 Å². The second-order valence-corrected chi connectivity index (χ2v) is 3.59. The van der Waals surface area contributed by atoms with Gasteiger partial charge in [0.2, 0.25) is 0 Å². The van der Waals surface area contributed by atoms with Gasteiger partial charge in [0, 0.05) is 12.0 Å². The predicted octanol–water partition coefficient (Wildman–Crippen LogP) is 2.72. The van der Waals surface area contributed by atoms with Gasteiger partial charge >= 0.3 is 0 Å². The first-order valence-corrected chi connectivity index (χ1v) is 4.27. The summed E-state index contributed by atoms with van der Waals surface area (Å²) in [7, 11) is 0. The molecule has 0 heterocycles. The Morgan fingerprint density at radius 1 is 1.46 bits per heavy atom. The van der Waals surface area contributed by atoms with Crippen molar-refractivity contribution in [1.82, 2.24) is 0 Å². The largest absolute Gasteiger partial charge is 0.327 e. The third kappa shape index (κ3) is 2.13. The lowest BCUT2D eigenvalue weighted by molar-refractivity contribution is 0.627. The molecule has 0 radical (unpaired) electrons. The second-order valence-electron chi connectivity index (χ2n) is 3.18. The number of hydrogen-bond acceptors (Lipinski definition) is 1. The van der Waals surface area contributed by atoms with Crippen LogP contribution in [0, 0.1) is 5.82 Å².